The molecule has 0 aromatic carbocycles. The third kappa shape index (κ3) is 3.25. The van der Waals surface area contributed by atoms with E-state index >= 15 is 0 Å². The second-order valence-electron chi connectivity index (χ2n) is 5.30. The van der Waals surface area contributed by atoms with E-state index in [0.29, 0.717) is 19.5 Å². The first-order valence-electron chi connectivity index (χ1n) is 6.98. The summed E-state index contributed by atoms with van der Waals surface area (Å²) in [5.41, 5.74) is 5.43. The van der Waals surface area contributed by atoms with Crippen LogP contribution in [-0.4, -0.2) is 67.0 Å². The normalized spacial score (nSPS) is 27.4. The Labute approximate surface area is 113 Å². The van der Waals surface area contributed by atoms with Crippen LogP contribution in [0.5, 0.6) is 0 Å². The molecule has 2 amide bonds. The number of likely N-dealkylation sites (N-methyl/N-ethyl adjacent to an activating group) is 1. The van der Waals surface area contributed by atoms with Crippen LogP contribution >= 0.6 is 0 Å². The average Bonchev–Trinajstić information content (AvgIpc) is 2.43. The number of hydrogen-bond donors (Lipinski definition) is 1. The molecule has 2 aliphatic rings. The number of ether oxygens (including phenoxy) is 1. The number of likely N-dealkylation sites (tertiary alicyclic amines) is 1. The fourth-order valence-corrected chi connectivity index (χ4v) is 2.75. The Balaban J connectivity index is 1.88. The Bertz CT molecular complexity index is 348. The highest BCUT2D eigenvalue weighted by atomic mass is 16.5. The molecule has 0 saturated carbocycles. The smallest absolute Gasteiger partial charge is 0.248 e. The molecule has 6 heteroatoms. The molecule has 0 aliphatic carbocycles. The molecular weight excluding hydrogens is 246 g/mol. The first-order chi connectivity index (χ1) is 9.13. The predicted molar refractivity (Wildman–Crippen MR) is 70.4 cm³/mol. The summed E-state index contributed by atoms with van der Waals surface area (Å²) in [4.78, 5) is 27.3. The van der Waals surface area contributed by atoms with Crippen molar-refractivity contribution in [1.82, 2.24) is 9.80 Å². The number of carbonyl (C=O) groups is 2. The molecule has 108 valence electrons. The summed E-state index contributed by atoms with van der Waals surface area (Å²) in [5, 5.41) is 0. The van der Waals surface area contributed by atoms with Crippen LogP contribution in [0, 0.1) is 0 Å². The number of nitrogens with zero attached hydrogens (tertiary/aromatic N) is 2. The third-order valence-corrected chi connectivity index (χ3v) is 4.03. The molecule has 2 N–H and O–H groups in total. The maximum atomic E-state index is 12.1. The molecule has 6 nitrogen and oxygen atoms in total. The quantitative estimate of drug-likeness (QED) is 0.703. The van der Waals surface area contributed by atoms with Crippen molar-refractivity contribution in [3.05, 3.63) is 0 Å². The predicted octanol–water partition coefficient (Wildman–Crippen LogP) is -0.426. The molecule has 0 spiro atoms. The van der Waals surface area contributed by atoms with Crippen LogP contribution in [0.2, 0.25) is 0 Å². The summed E-state index contributed by atoms with van der Waals surface area (Å²) < 4.78 is 5.55. The van der Waals surface area contributed by atoms with Gasteiger partial charge in [0.15, 0.2) is 0 Å². The second-order valence-corrected chi connectivity index (χ2v) is 5.30. The molecule has 0 aromatic heterocycles. The van der Waals surface area contributed by atoms with Crippen LogP contribution in [0.15, 0.2) is 0 Å². The minimum atomic E-state index is -0.00122. The lowest BCUT2D eigenvalue weighted by Gasteiger charge is -2.45. The molecular formula is C13H23N3O3. The van der Waals surface area contributed by atoms with Gasteiger partial charge in [0.05, 0.1) is 12.1 Å². The van der Waals surface area contributed by atoms with Crippen LogP contribution in [-0.2, 0) is 14.3 Å². The summed E-state index contributed by atoms with van der Waals surface area (Å²) in [7, 11) is 1.80. The minimum absolute atomic E-state index is 0.00122. The van der Waals surface area contributed by atoms with Gasteiger partial charge in [-0.15, -0.1) is 0 Å². The Morgan fingerprint density at radius 1 is 1.47 bits per heavy atom. The van der Waals surface area contributed by atoms with Crippen LogP contribution < -0.4 is 5.73 Å². The van der Waals surface area contributed by atoms with Gasteiger partial charge >= 0.3 is 0 Å². The lowest BCUT2D eigenvalue weighted by Crippen LogP contribution is -2.61. The summed E-state index contributed by atoms with van der Waals surface area (Å²) in [6.45, 7) is 2.12. The molecule has 0 unspecified atom stereocenters. The van der Waals surface area contributed by atoms with Crippen LogP contribution in [0.1, 0.15) is 25.7 Å². The first-order valence-corrected chi connectivity index (χ1v) is 6.98. The molecule has 0 aromatic rings. The highest BCUT2D eigenvalue weighted by Crippen LogP contribution is 2.23. The highest BCUT2D eigenvalue weighted by Gasteiger charge is 2.39. The summed E-state index contributed by atoms with van der Waals surface area (Å²) >= 11 is 0. The van der Waals surface area contributed by atoms with E-state index in [4.69, 9.17) is 10.5 Å². The molecule has 2 aliphatic heterocycles. The van der Waals surface area contributed by atoms with E-state index in [2.05, 4.69) is 0 Å². The fourth-order valence-electron chi connectivity index (χ4n) is 2.75. The van der Waals surface area contributed by atoms with E-state index < -0.39 is 0 Å². The van der Waals surface area contributed by atoms with Gasteiger partial charge in [-0.25, -0.2) is 0 Å². The number of rotatable bonds is 4. The van der Waals surface area contributed by atoms with Gasteiger partial charge in [-0.1, -0.05) is 0 Å². The number of morpholine rings is 1. The second kappa shape index (κ2) is 6.34. The van der Waals surface area contributed by atoms with E-state index in [0.717, 1.165) is 25.8 Å². The monoisotopic (exact) mass is 269 g/mol. The molecule has 2 fully saturated rings. The standard InChI is InChI=1S/C13H23N3O3/c1-15-10-8-16(12(17)4-2-3-6-14)7-5-11(10)19-9-13(15)18/h10-11H,2-9,14H2,1H3/t10-,11+/m0/s1. The average molecular weight is 269 g/mol. The fraction of sp³-hybridized carbons (Fsp3) is 0.846. The number of hydrogen-bond acceptors (Lipinski definition) is 4. The van der Waals surface area contributed by atoms with Crippen molar-refractivity contribution in [2.75, 3.05) is 33.3 Å². The van der Waals surface area contributed by atoms with Gasteiger partial charge in [0.2, 0.25) is 11.8 Å². The lowest BCUT2D eigenvalue weighted by molar-refractivity contribution is -0.163. The molecule has 0 radical (unpaired) electrons. The van der Waals surface area contributed by atoms with Crippen molar-refractivity contribution in [3.8, 4) is 0 Å². The van der Waals surface area contributed by atoms with Crippen LogP contribution in [0.3, 0.4) is 0 Å². The highest BCUT2D eigenvalue weighted by molar-refractivity contribution is 5.79. The molecule has 2 rings (SSSR count). The maximum absolute atomic E-state index is 12.1. The van der Waals surface area contributed by atoms with E-state index in [-0.39, 0.29) is 30.6 Å². The Morgan fingerprint density at radius 2 is 2.26 bits per heavy atom. The largest absolute Gasteiger partial charge is 0.366 e. The Hall–Kier alpha value is -1.14. The van der Waals surface area contributed by atoms with Gasteiger partial charge in [-0.3, -0.25) is 9.59 Å². The lowest BCUT2D eigenvalue weighted by atomic mass is 9.98. The van der Waals surface area contributed by atoms with Gasteiger partial charge in [0, 0.05) is 26.6 Å². The van der Waals surface area contributed by atoms with Gasteiger partial charge in [-0.05, 0) is 25.8 Å². The van der Waals surface area contributed by atoms with Crippen molar-refractivity contribution in [1.29, 1.82) is 0 Å². The van der Waals surface area contributed by atoms with E-state index in [1.54, 1.807) is 11.9 Å². The zero-order valence-corrected chi connectivity index (χ0v) is 11.5. The van der Waals surface area contributed by atoms with E-state index in [1.165, 1.54) is 0 Å². The van der Waals surface area contributed by atoms with Gasteiger partial charge in [0.25, 0.3) is 0 Å². The number of carbonyl (C=O) groups excluding carboxylic acids is 2. The molecule has 19 heavy (non-hydrogen) atoms. The number of unbranched alkanes of at least 4 members (excludes halogenated alkanes) is 1. The van der Waals surface area contributed by atoms with Gasteiger partial charge in [0.1, 0.15) is 6.61 Å². The minimum Gasteiger partial charge on any atom is -0.366 e. The third-order valence-electron chi connectivity index (χ3n) is 4.03. The van der Waals surface area contributed by atoms with Gasteiger partial charge in [-0.2, -0.15) is 0 Å². The zero-order valence-electron chi connectivity index (χ0n) is 11.5. The number of amides is 2. The van der Waals surface area contributed by atoms with Crippen LogP contribution in [0.4, 0.5) is 0 Å². The van der Waals surface area contributed by atoms with Crippen molar-refractivity contribution >= 4 is 11.8 Å². The summed E-state index contributed by atoms with van der Waals surface area (Å²) in [6.07, 6.45) is 3.16. The number of nitrogens with two attached hydrogens (primary N) is 1. The topological polar surface area (TPSA) is 75.9 Å². The van der Waals surface area contributed by atoms with Gasteiger partial charge < -0.3 is 20.3 Å². The van der Waals surface area contributed by atoms with Crippen molar-refractivity contribution in [2.45, 2.75) is 37.8 Å². The van der Waals surface area contributed by atoms with Crippen molar-refractivity contribution in [2.24, 2.45) is 5.73 Å². The molecule has 2 heterocycles. The van der Waals surface area contributed by atoms with Crippen molar-refractivity contribution < 1.29 is 14.3 Å². The Kier molecular flexibility index (Phi) is 4.76. The number of piperidine rings is 1. The first kappa shape index (κ1) is 14.3. The summed E-state index contributed by atoms with van der Waals surface area (Å²) in [6, 6.07) is 0.00783. The van der Waals surface area contributed by atoms with E-state index in [1.807, 2.05) is 4.90 Å². The van der Waals surface area contributed by atoms with Crippen LogP contribution in [0.25, 0.3) is 0 Å². The van der Waals surface area contributed by atoms with E-state index in [9.17, 15) is 9.59 Å². The van der Waals surface area contributed by atoms with Crippen molar-refractivity contribution in [3.63, 3.8) is 0 Å². The zero-order chi connectivity index (χ0) is 13.8. The molecule has 2 saturated heterocycles. The molecule has 2 atom stereocenters. The number of fused-ring (bicyclic) bond motifs is 1. The SMILES string of the molecule is CN1C(=O)CO[C@@H]2CCN(C(=O)CCCCN)C[C@@H]21. The molecule has 0 bridgehead atoms. The Morgan fingerprint density at radius 3 is 3.00 bits per heavy atom. The summed E-state index contributed by atoms with van der Waals surface area (Å²) in [5.74, 6) is 0.164. The maximum Gasteiger partial charge on any atom is 0.248 e.